The molecule has 5 heteroatoms. The van der Waals surface area contributed by atoms with Crippen molar-refractivity contribution < 1.29 is 4.79 Å². The number of rotatable bonds is 1. The molecule has 0 fully saturated rings. The largest absolute Gasteiger partial charge is 0.334 e. The highest BCUT2D eigenvalue weighted by atomic mass is 35.5. The number of imidazole rings is 1. The number of fused-ring (bicyclic) bond motifs is 1. The van der Waals surface area contributed by atoms with Gasteiger partial charge >= 0.3 is 5.37 Å². The number of hydrogen-bond acceptors (Lipinski definition) is 2. The molecule has 1 aromatic heterocycles. The summed E-state index contributed by atoms with van der Waals surface area (Å²) >= 11 is 5.38. The van der Waals surface area contributed by atoms with Crippen LogP contribution in [0.4, 0.5) is 10.5 Å². The van der Waals surface area contributed by atoms with Gasteiger partial charge < -0.3 is 9.47 Å². The minimum Gasteiger partial charge on any atom is -0.334 e. The van der Waals surface area contributed by atoms with Crippen LogP contribution in [-0.4, -0.2) is 22.0 Å². The third kappa shape index (κ3) is 1.68. The van der Waals surface area contributed by atoms with Crippen molar-refractivity contribution in [2.75, 3.05) is 11.9 Å². The summed E-state index contributed by atoms with van der Waals surface area (Å²) in [7, 11) is 3.55. The Bertz CT molecular complexity index is 520. The number of aromatic nitrogens is 2. The maximum Gasteiger partial charge on any atom is 0.320 e. The molecule has 0 spiro atoms. The van der Waals surface area contributed by atoms with Gasteiger partial charge in [-0.2, -0.15) is 0 Å². The summed E-state index contributed by atoms with van der Waals surface area (Å²) in [5.41, 5.74) is 2.61. The zero-order valence-corrected chi connectivity index (χ0v) is 9.19. The minimum absolute atomic E-state index is 0.509. The van der Waals surface area contributed by atoms with Gasteiger partial charge in [0, 0.05) is 19.8 Å². The molecule has 15 heavy (non-hydrogen) atoms. The van der Waals surface area contributed by atoms with E-state index in [1.54, 1.807) is 13.4 Å². The number of carbonyl (C=O) groups is 1. The molecule has 1 amide bonds. The van der Waals surface area contributed by atoms with E-state index >= 15 is 0 Å². The van der Waals surface area contributed by atoms with E-state index in [9.17, 15) is 4.79 Å². The Morgan fingerprint density at radius 1 is 1.53 bits per heavy atom. The predicted molar refractivity (Wildman–Crippen MR) is 60.4 cm³/mol. The lowest BCUT2D eigenvalue weighted by atomic mass is 10.2. The number of nitrogens with zero attached hydrogens (tertiary/aromatic N) is 3. The monoisotopic (exact) mass is 223 g/mol. The first kappa shape index (κ1) is 9.98. The Kier molecular flexibility index (Phi) is 2.36. The summed E-state index contributed by atoms with van der Waals surface area (Å²) in [5.74, 6) is 0. The molecule has 0 aliphatic carbocycles. The molecule has 1 heterocycles. The van der Waals surface area contributed by atoms with Crippen LogP contribution in [0, 0.1) is 0 Å². The minimum atomic E-state index is -0.509. The molecule has 4 nitrogen and oxygen atoms in total. The fourth-order valence-corrected chi connectivity index (χ4v) is 1.53. The highest BCUT2D eigenvalue weighted by Gasteiger charge is 2.09. The van der Waals surface area contributed by atoms with E-state index in [-0.39, 0.29) is 0 Å². The van der Waals surface area contributed by atoms with E-state index in [0.717, 1.165) is 16.7 Å². The lowest BCUT2D eigenvalue weighted by Crippen LogP contribution is -2.19. The van der Waals surface area contributed by atoms with E-state index in [2.05, 4.69) is 4.98 Å². The topological polar surface area (TPSA) is 38.1 Å². The number of amides is 1. The summed E-state index contributed by atoms with van der Waals surface area (Å²) in [4.78, 5) is 16.5. The molecule has 1 aromatic carbocycles. The van der Waals surface area contributed by atoms with Crippen molar-refractivity contribution in [1.82, 2.24) is 9.55 Å². The van der Waals surface area contributed by atoms with Crippen LogP contribution < -0.4 is 4.90 Å². The van der Waals surface area contributed by atoms with E-state index < -0.39 is 5.37 Å². The van der Waals surface area contributed by atoms with Crippen molar-refractivity contribution in [3.8, 4) is 0 Å². The Labute approximate surface area is 92.1 Å². The number of hydrogen-bond donors (Lipinski definition) is 0. The summed E-state index contributed by atoms with van der Waals surface area (Å²) in [5, 5.41) is -0.509. The highest BCUT2D eigenvalue weighted by Crippen LogP contribution is 2.20. The smallest absolute Gasteiger partial charge is 0.320 e. The molecule has 2 rings (SSSR count). The normalized spacial score (nSPS) is 10.6. The third-order valence-corrected chi connectivity index (χ3v) is 2.61. The summed E-state index contributed by atoms with van der Waals surface area (Å²) in [6.45, 7) is 0. The van der Waals surface area contributed by atoms with Gasteiger partial charge in [0.05, 0.1) is 17.4 Å². The second-order valence-corrected chi connectivity index (χ2v) is 3.66. The molecule has 0 unspecified atom stereocenters. The Morgan fingerprint density at radius 2 is 2.27 bits per heavy atom. The van der Waals surface area contributed by atoms with Crippen LogP contribution in [0.3, 0.4) is 0 Å². The fraction of sp³-hybridized carbons (Fsp3) is 0.200. The summed E-state index contributed by atoms with van der Waals surface area (Å²) in [6.07, 6.45) is 1.73. The van der Waals surface area contributed by atoms with Gasteiger partial charge in [-0.25, -0.2) is 4.98 Å². The zero-order valence-electron chi connectivity index (χ0n) is 8.44. The SMILES string of the molecule is CN(C(=O)Cl)c1ccc2c(c1)ncn2C. The van der Waals surface area contributed by atoms with Crippen LogP contribution in [0.5, 0.6) is 0 Å². The molecule has 0 aliphatic rings. The van der Waals surface area contributed by atoms with E-state index in [0.29, 0.717) is 0 Å². The average Bonchev–Trinajstić information content (AvgIpc) is 2.59. The van der Waals surface area contributed by atoms with Crippen LogP contribution in [0.1, 0.15) is 0 Å². The van der Waals surface area contributed by atoms with Crippen molar-refractivity contribution in [2.24, 2.45) is 7.05 Å². The first-order chi connectivity index (χ1) is 7.09. The van der Waals surface area contributed by atoms with Gasteiger partial charge in [-0.05, 0) is 29.8 Å². The number of carbonyl (C=O) groups excluding carboxylic acids is 1. The Hall–Kier alpha value is -1.55. The van der Waals surface area contributed by atoms with E-state index in [1.165, 1.54) is 4.90 Å². The maximum absolute atomic E-state index is 11.0. The molecule has 0 radical (unpaired) electrons. The van der Waals surface area contributed by atoms with Gasteiger partial charge in [0.15, 0.2) is 0 Å². The van der Waals surface area contributed by atoms with Gasteiger partial charge in [0.1, 0.15) is 0 Å². The molecule has 0 N–H and O–H groups in total. The lowest BCUT2D eigenvalue weighted by molar-refractivity contribution is 0.265. The fourth-order valence-electron chi connectivity index (χ4n) is 1.43. The first-order valence-electron chi connectivity index (χ1n) is 4.44. The second-order valence-electron chi connectivity index (χ2n) is 3.34. The maximum atomic E-state index is 11.0. The van der Waals surface area contributed by atoms with E-state index in [1.807, 2.05) is 29.8 Å². The van der Waals surface area contributed by atoms with Gasteiger partial charge in [0.2, 0.25) is 0 Å². The van der Waals surface area contributed by atoms with Gasteiger partial charge in [-0.15, -0.1) is 0 Å². The standard InChI is InChI=1S/C10H10ClN3O/c1-13-6-12-8-5-7(3-4-9(8)13)14(2)10(11)15/h3-6H,1-2H3. The van der Waals surface area contributed by atoms with Gasteiger partial charge in [-0.3, -0.25) is 4.79 Å². The molecule has 0 saturated carbocycles. The van der Waals surface area contributed by atoms with Crippen LogP contribution in [-0.2, 0) is 7.05 Å². The Morgan fingerprint density at radius 3 is 2.93 bits per heavy atom. The van der Waals surface area contributed by atoms with Crippen molar-refractivity contribution in [3.63, 3.8) is 0 Å². The van der Waals surface area contributed by atoms with Crippen LogP contribution in [0.15, 0.2) is 24.5 Å². The molecule has 0 saturated heterocycles. The lowest BCUT2D eigenvalue weighted by Gasteiger charge is -2.12. The molecule has 0 bridgehead atoms. The average molecular weight is 224 g/mol. The highest BCUT2D eigenvalue weighted by molar-refractivity contribution is 6.66. The van der Waals surface area contributed by atoms with Gasteiger partial charge in [-0.1, -0.05) is 0 Å². The molecule has 78 valence electrons. The molecule has 0 aliphatic heterocycles. The number of aryl methyl sites for hydroxylation is 1. The van der Waals surface area contributed by atoms with Crippen LogP contribution >= 0.6 is 11.6 Å². The van der Waals surface area contributed by atoms with Gasteiger partial charge in [0.25, 0.3) is 0 Å². The molecule has 0 atom stereocenters. The molecular weight excluding hydrogens is 214 g/mol. The van der Waals surface area contributed by atoms with Crippen LogP contribution in [0.25, 0.3) is 11.0 Å². The first-order valence-corrected chi connectivity index (χ1v) is 4.81. The number of benzene rings is 1. The number of halogens is 1. The quantitative estimate of drug-likeness (QED) is 0.550. The number of anilines is 1. The summed E-state index contributed by atoms with van der Waals surface area (Å²) < 4.78 is 1.92. The van der Waals surface area contributed by atoms with Crippen molar-refractivity contribution in [2.45, 2.75) is 0 Å². The predicted octanol–water partition coefficient (Wildman–Crippen LogP) is 2.37. The third-order valence-electron chi connectivity index (χ3n) is 2.36. The summed E-state index contributed by atoms with van der Waals surface area (Å²) in [6, 6.07) is 5.58. The zero-order chi connectivity index (χ0) is 11.0. The van der Waals surface area contributed by atoms with Crippen molar-refractivity contribution in [1.29, 1.82) is 0 Å². The van der Waals surface area contributed by atoms with Crippen molar-refractivity contribution in [3.05, 3.63) is 24.5 Å². The second kappa shape index (κ2) is 3.55. The van der Waals surface area contributed by atoms with Crippen LogP contribution in [0.2, 0.25) is 0 Å². The molecular formula is C10H10ClN3O. The molecule has 2 aromatic rings. The van der Waals surface area contributed by atoms with Crippen molar-refractivity contribution >= 4 is 33.7 Å². The Balaban J connectivity index is 2.52. The van der Waals surface area contributed by atoms with E-state index in [4.69, 9.17) is 11.6 Å².